The Morgan fingerprint density at radius 3 is 2.50 bits per heavy atom. The van der Waals surface area contributed by atoms with Crippen molar-refractivity contribution in [2.75, 3.05) is 19.7 Å². The van der Waals surface area contributed by atoms with Crippen molar-refractivity contribution in [2.24, 2.45) is 0 Å². The Morgan fingerprint density at radius 1 is 0.967 bits per heavy atom. The molecule has 0 amide bonds. The SMILES string of the molecule is OC1(c2ccccc2)CCN(Cc2ccc([C@H]3COc4cccnc4O3)cc2)CC1. The van der Waals surface area contributed by atoms with Crippen molar-refractivity contribution in [3.8, 4) is 11.6 Å². The molecular weight excluding hydrogens is 376 g/mol. The minimum atomic E-state index is -0.704. The molecule has 5 nitrogen and oxygen atoms in total. The van der Waals surface area contributed by atoms with E-state index in [4.69, 9.17) is 9.47 Å². The Labute approximate surface area is 176 Å². The zero-order chi connectivity index (χ0) is 20.4. The monoisotopic (exact) mass is 402 g/mol. The molecular formula is C25H26N2O3. The molecule has 5 rings (SSSR count). The van der Waals surface area contributed by atoms with E-state index in [9.17, 15) is 5.11 Å². The van der Waals surface area contributed by atoms with Crippen molar-refractivity contribution in [3.05, 3.63) is 89.6 Å². The van der Waals surface area contributed by atoms with Gasteiger partial charge in [0.15, 0.2) is 11.9 Å². The summed E-state index contributed by atoms with van der Waals surface area (Å²) in [6.07, 6.45) is 3.09. The lowest BCUT2D eigenvalue weighted by Crippen LogP contribution is -2.42. The van der Waals surface area contributed by atoms with E-state index in [0.717, 1.165) is 43.6 Å². The van der Waals surface area contributed by atoms with Crippen LogP contribution < -0.4 is 9.47 Å². The van der Waals surface area contributed by atoms with Crippen LogP contribution in [0.15, 0.2) is 72.9 Å². The second-order valence-corrected chi connectivity index (χ2v) is 8.14. The topological polar surface area (TPSA) is 54.8 Å². The highest BCUT2D eigenvalue weighted by molar-refractivity contribution is 5.36. The fourth-order valence-corrected chi connectivity index (χ4v) is 4.29. The average Bonchev–Trinajstić information content (AvgIpc) is 2.81. The summed E-state index contributed by atoms with van der Waals surface area (Å²) in [5.41, 5.74) is 2.68. The molecule has 0 bridgehead atoms. The third-order valence-corrected chi connectivity index (χ3v) is 6.13. The van der Waals surface area contributed by atoms with Crippen molar-refractivity contribution in [3.63, 3.8) is 0 Å². The molecule has 3 aromatic rings. The van der Waals surface area contributed by atoms with Crippen LogP contribution in [0, 0.1) is 0 Å². The van der Waals surface area contributed by atoms with Gasteiger partial charge in [-0.15, -0.1) is 0 Å². The molecule has 1 aromatic heterocycles. The summed E-state index contributed by atoms with van der Waals surface area (Å²) in [5, 5.41) is 11.0. The standard InChI is InChI=1S/C25H26N2O3/c28-25(21-5-2-1-3-6-21)12-15-27(16-13-25)17-19-8-10-20(11-9-19)23-18-29-22-7-4-14-26-24(22)30-23/h1-11,14,23,28H,12-13,15-18H2/t23-/m1/s1. The van der Waals surface area contributed by atoms with Crippen molar-refractivity contribution in [1.82, 2.24) is 9.88 Å². The van der Waals surface area contributed by atoms with E-state index in [0.29, 0.717) is 18.2 Å². The van der Waals surface area contributed by atoms with Gasteiger partial charge in [0.05, 0.1) is 5.60 Å². The maximum Gasteiger partial charge on any atom is 0.257 e. The summed E-state index contributed by atoms with van der Waals surface area (Å²) in [5.74, 6) is 1.25. The molecule has 5 heteroatoms. The minimum Gasteiger partial charge on any atom is -0.484 e. The summed E-state index contributed by atoms with van der Waals surface area (Å²) in [6, 6.07) is 22.3. The first-order chi connectivity index (χ1) is 14.7. The molecule has 2 aliphatic rings. The van der Waals surface area contributed by atoms with E-state index in [2.05, 4.69) is 34.1 Å². The highest BCUT2D eigenvalue weighted by Crippen LogP contribution is 2.35. The van der Waals surface area contributed by atoms with Crippen LogP contribution in [-0.4, -0.2) is 34.7 Å². The summed E-state index contributed by atoms with van der Waals surface area (Å²) in [7, 11) is 0. The highest BCUT2D eigenvalue weighted by atomic mass is 16.6. The van der Waals surface area contributed by atoms with Crippen molar-refractivity contribution in [1.29, 1.82) is 0 Å². The summed E-state index contributed by atoms with van der Waals surface area (Å²) in [6.45, 7) is 3.14. The highest BCUT2D eigenvalue weighted by Gasteiger charge is 2.33. The first-order valence-corrected chi connectivity index (χ1v) is 10.5. The molecule has 2 aromatic carbocycles. The van der Waals surface area contributed by atoms with Gasteiger partial charge in [-0.2, -0.15) is 0 Å². The largest absolute Gasteiger partial charge is 0.484 e. The Morgan fingerprint density at radius 2 is 1.73 bits per heavy atom. The predicted octanol–water partition coefficient (Wildman–Crippen LogP) is 4.08. The number of hydrogen-bond acceptors (Lipinski definition) is 5. The van der Waals surface area contributed by atoms with E-state index in [1.807, 2.05) is 42.5 Å². The lowest BCUT2D eigenvalue weighted by Gasteiger charge is -2.38. The van der Waals surface area contributed by atoms with Gasteiger partial charge in [-0.25, -0.2) is 4.98 Å². The molecule has 2 aliphatic heterocycles. The normalized spacial score (nSPS) is 20.6. The quantitative estimate of drug-likeness (QED) is 0.713. The fraction of sp³-hybridized carbons (Fsp3) is 0.320. The number of aromatic nitrogens is 1. The molecule has 1 fully saturated rings. The average molecular weight is 402 g/mol. The number of likely N-dealkylation sites (tertiary alicyclic amines) is 1. The van der Waals surface area contributed by atoms with Crippen LogP contribution in [-0.2, 0) is 12.1 Å². The molecule has 154 valence electrons. The Hall–Kier alpha value is -2.89. The van der Waals surface area contributed by atoms with E-state index < -0.39 is 5.60 Å². The van der Waals surface area contributed by atoms with Crippen LogP contribution in [0.2, 0.25) is 0 Å². The molecule has 0 unspecified atom stereocenters. The first-order valence-electron chi connectivity index (χ1n) is 10.5. The van der Waals surface area contributed by atoms with Gasteiger partial charge >= 0.3 is 0 Å². The smallest absolute Gasteiger partial charge is 0.257 e. The van der Waals surface area contributed by atoms with E-state index >= 15 is 0 Å². The summed E-state index contributed by atoms with van der Waals surface area (Å²) < 4.78 is 11.8. The predicted molar refractivity (Wildman–Crippen MR) is 114 cm³/mol. The molecule has 0 radical (unpaired) electrons. The van der Waals surface area contributed by atoms with Crippen molar-refractivity contribution < 1.29 is 14.6 Å². The number of rotatable bonds is 4. The van der Waals surface area contributed by atoms with Crippen LogP contribution in [0.1, 0.15) is 35.6 Å². The minimum absolute atomic E-state index is 0.141. The van der Waals surface area contributed by atoms with Gasteiger partial charge in [-0.05, 0) is 41.7 Å². The molecule has 0 spiro atoms. The Kier molecular flexibility index (Phi) is 5.15. The number of piperidine rings is 1. The van der Waals surface area contributed by atoms with E-state index in [-0.39, 0.29) is 6.10 Å². The van der Waals surface area contributed by atoms with Gasteiger partial charge < -0.3 is 14.6 Å². The zero-order valence-electron chi connectivity index (χ0n) is 16.9. The van der Waals surface area contributed by atoms with Gasteiger partial charge in [-0.3, -0.25) is 4.90 Å². The number of ether oxygens (including phenoxy) is 2. The van der Waals surface area contributed by atoms with Crippen LogP contribution >= 0.6 is 0 Å². The van der Waals surface area contributed by atoms with Crippen molar-refractivity contribution in [2.45, 2.75) is 31.1 Å². The van der Waals surface area contributed by atoms with E-state index in [1.54, 1.807) is 6.20 Å². The lowest BCUT2D eigenvalue weighted by atomic mass is 9.84. The maximum atomic E-state index is 11.0. The molecule has 0 aliphatic carbocycles. The molecule has 1 N–H and O–H groups in total. The fourth-order valence-electron chi connectivity index (χ4n) is 4.29. The second-order valence-electron chi connectivity index (χ2n) is 8.14. The first kappa shape index (κ1) is 19.1. The van der Waals surface area contributed by atoms with Crippen LogP contribution in [0.4, 0.5) is 0 Å². The second kappa shape index (κ2) is 8.09. The van der Waals surface area contributed by atoms with Gasteiger partial charge in [0, 0.05) is 25.8 Å². The van der Waals surface area contributed by atoms with Crippen LogP contribution in [0.5, 0.6) is 11.6 Å². The van der Waals surface area contributed by atoms with Gasteiger partial charge in [0.2, 0.25) is 0 Å². The molecule has 30 heavy (non-hydrogen) atoms. The third-order valence-electron chi connectivity index (χ3n) is 6.13. The molecule has 0 saturated carbocycles. The van der Waals surface area contributed by atoms with Gasteiger partial charge in [0.1, 0.15) is 6.61 Å². The molecule has 1 saturated heterocycles. The number of nitrogens with zero attached hydrogens (tertiary/aromatic N) is 2. The van der Waals surface area contributed by atoms with E-state index in [1.165, 1.54) is 5.56 Å². The third kappa shape index (κ3) is 3.91. The van der Waals surface area contributed by atoms with Gasteiger partial charge in [0.25, 0.3) is 5.88 Å². The number of pyridine rings is 1. The van der Waals surface area contributed by atoms with Crippen LogP contribution in [0.3, 0.4) is 0 Å². The van der Waals surface area contributed by atoms with Crippen molar-refractivity contribution >= 4 is 0 Å². The zero-order valence-corrected chi connectivity index (χ0v) is 16.9. The number of hydrogen-bond donors (Lipinski definition) is 1. The number of aliphatic hydroxyl groups is 1. The van der Waals surface area contributed by atoms with Gasteiger partial charge in [-0.1, -0.05) is 54.6 Å². The number of fused-ring (bicyclic) bond motifs is 1. The Bertz CT molecular complexity index is 983. The summed E-state index contributed by atoms with van der Waals surface area (Å²) >= 11 is 0. The maximum absolute atomic E-state index is 11.0. The molecule has 3 heterocycles. The Balaban J connectivity index is 1.18. The molecule has 1 atom stereocenters. The lowest BCUT2D eigenvalue weighted by molar-refractivity contribution is -0.0277. The summed E-state index contributed by atoms with van der Waals surface area (Å²) in [4.78, 5) is 6.66. The number of benzene rings is 2. The van der Waals surface area contributed by atoms with Crippen LogP contribution in [0.25, 0.3) is 0 Å².